The van der Waals surface area contributed by atoms with Gasteiger partial charge in [-0.05, 0) is 49.7 Å². The molecule has 5 heteroatoms. The van der Waals surface area contributed by atoms with E-state index in [1.165, 1.54) is 31.5 Å². The van der Waals surface area contributed by atoms with Crippen LogP contribution in [-0.4, -0.2) is 35.0 Å². The summed E-state index contributed by atoms with van der Waals surface area (Å²) in [6.45, 7) is 6.67. The lowest BCUT2D eigenvalue weighted by molar-refractivity contribution is 0.344. The molecule has 0 bridgehead atoms. The number of benzene rings is 1. The van der Waals surface area contributed by atoms with Gasteiger partial charge in [-0.1, -0.05) is 30.3 Å². The third-order valence-electron chi connectivity index (χ3n) is 3.73. The Hall–Kier alpha value is -0.710. The van der Waals surface area contributed by atoms with Crippen molar-refractivity contribution >= 4 is 34.2 Å². The number of hydrogen-bond donors (Lipinski definition) is 1. The smallest absolute Gasteiger partial charge is 0.161 e. The van der Waals surface area contributed by atoms with Crippen LogP contribution in [0.2, 0.25) is 5.02 Å². The van der Waals surface area contributed by atoms with Gasteiger partial charge in [0.05, 0.1) is 6.54 Å². The number of anilines is 1. The van der Waals surface area contributed by atoms with E-state index in [1.54, 1.807) is 0 Å². The molecule has 0 saturated carbocycles. The highest BCUT2D eigenvalue weighted by Gasteiger charge is 2.18. The Morgan fingerprint density at radius 3 is 3.00 bits per heavy atom. The molecule has 2 heterocycles. The van der Waals surface area contributed by atoms with Crippen molar-refractivity contribution in [3.8, 4) is 0 Å². The van der Waals surface area contributed by atoms with E-state index in [0.29, 0.717) is 5.25 Å². The molecule has 3 rings (SSSR count). The minimum absolute atomic E-state index is 0.563. The van der Waals surface area contributed by atoms with E-state index in [1.807, 2.05) is 30.0 Å². The molecule has 108 valence electrons. The molecule has 1 aromatic rings. The van der Waals surface area contributed by atoms with Crippen LogP contribution in [0, 0.1) is 0 Å². The van der Waals surface area contributed by atoms with Crippen LogP contribution in [0.3, 0.4) is 0 Å². The third kappa shape index (κ3) is 3.48. The summed E-state index contributed by atoms with van der Waals surface area (Å²) in [5.74, 6) is 0. The molecule has 0 aliphatic carbocycles. The zero-order chi connectivity index (χ0) is 13.9. The number of rotatable bonds is 3. The van der Waals surface area contributed by atoms with E-state index >= 15 is 0 Å². The molecule has 1 aromatic carbocycles. The van der Waals surface area contributed by atoms with E-state index < -0.39 is 0 Å². The van der Waals surface area contributed by atoms with E-state index in [0.717, 1.165) is 29.0 Å². The zero-order valence-electron chi connectivity index (χ0n) is 11.7. The summed E-state index contributed by atoms with van der Waals surface area (Å²) in [4.78, 5) is 7.17. The van der Waals surface area contributed by atoms with Crippen molar-refractivity contribution in [3.05, 3.63) is 28.8 Å². The topological polar surface area (TPSA) is 27.6 Å². The first-order chi connectivity index (χ1) is 9.70. The minimum Gasteiger partial charge on any atom is -0.335 e. The maximum Gasteiger partial charge on any atom is 0.161 e. The van der Waals surface area contributed by atoms with Gasteiger partial charge in [-0.3, -0.25) is 4.99 Å². The summed E-state index contributed by atoms with van der Waals surface area (Å²) in [7, 11) is 0. The van der Waals surface area contributed by atoms with Crippen molar-refractivity contribution in [1.82, 2.24) is 4.90 Å². The standard InChI is InChI=1S/C15H20ClN3S/c1-11(10-19-6-2-3-7-19)20-15-17-9-12-8-13(16)4-5-14(12)18-15/h4-5,8,11H,2-3,6-7,9-10H2,1H3,(H,17,18)/t11-/m0/s1. The lowest BCUT2D eigenvalue weighted by Crippen LogP contribution is -2.28. The van der Waals surface area contributed by atoms with Gasteiger partial charge in [-0.25, -0.2) is 0 Å². The predicted octanol–water partition coefficient (Wildman–Crippen LogP) is 3.84. The number of aliphatic imine (C=N–C) groups is 1. The third-order valence-corrected chi connectivity index (χ3v) is 4.97. The molecule has 2 aliphatic rings. The summed E-state index contributed by atoms with van der Waals surface area (Å²) < 4.78 is 0. The Morgan fingerprint density at radius 1 is 1.40 bits per heavy atom. The van der Waals surface area contributed by atoms with Crippen molar-refractivity contribution < 1.29 is 0 Å². The second-order valence-electron chi connectivity index (χ2n) is 5.48. The minimum atomic E-state index is 0.563. The van der Waals surface area contributed by atoms with Crippen molar-refractivity contribution in [2.75, 3.05) is 25.0 Å². The van der Waals surface area contributed by atoms with Gasteiger partial charge >= 0.3 is 0 Å². The van der Waals surface area contributed by atoms with Gasteiger partial charge in [-0.2, -0.15) is 0 Å². The molecule has 0 radical (unpaired) electrons. The first-order valence-electron chi connectivity index (χ1n) is 7.19. The molecule has 1 saturated heterocycles. The molecule has 1 N–H and O–H groups in total. The summed E-state index contributed by atoms with van der Waals surface area (Å²) in [5, 5.41) is 5.79. The van der Waals surface area contributed by atoms with Crippen LogP contribution >= 0.6 is 23.4 Å². The molecule has 1 atom stereocenters. The molecule has 3 nitrogen and oxygen atoms in total. The molecule has 0 spiro atoms. The zero-order valence-corrected chi connectivity index (χ0v) is 13.3. The fourth-order valence-electron chi connectivity index (χ4n) is 2.75. The maximum atomic E-state index is 6.01. The molecule has 1 fully saturated rings. The second-order valence-corrected chi connectivity index (χ2v) is 7.35. The predicted molar refractivity (Wildman–Crippen MR) is 88.9 cm³/mol. The lowest BCUT2D eigenvalue weighted by atomic mass is 10.1. The first kappa shape index (κ1) is 14.2. The lowest BCUT2D eigenvalue weighted by Gasteiger charge is -2.23. The Balaban J connectivity index is 1.56. The Labute approximate surface area is 129 Å². The maximum absolute atomic E-state index is 6.01. The number of thioether (sulfide) groups is 1. The Kier molecular flexibility index (Phi) is 4.54. The summed E-state index contributed by atoms with van der Waals surface area (Å²) >= 11 is 7.84. The molecule has 0 amide bonds. The largest absolute Gasteiger partial charge is 0.335 e. The number of fused-ring (bicyclic) bond motifs is 1. The first-order valence-corrected chi connectivity index (χ1v) is 8.45. The van der Waals surface area contributed by atoms with Crippen LogP contribution in [0.15, 0.2) is 23.2 Å². The fourth-order valence-corrected chi connectivity index (χ4v) is 3.92. The van der Waals surface area contributed by atoms with Crippen LogP contribution < -0.4 is 5.32 Å². The monoisotopic (exact) mass is 309 g/mol. The van der Waals surface area contributed by atoms with Gasteiger partial charge in [0.25, 0.3) is 0 Å². The number of amidine groups is 1. The summed E-state index contributed by atoms with van der Waals surface area (Å²) in [6, 6.07) is 5.95. The van der Waals surface area contributed by atoms with E-state index in [-0.39, 0.29) is 0 Å². The van der Waals surface area contributed by atoms with Crippen LogP contribution in [-0.2, 0) is 6.54 Å². The number of nitrogens with zero attached hydrogens (tertiary/aromatic N) is 2. The van der Waals surface area contributed by atoms with Gasteiger partial charge in [0.15, 0.2) is 5.17 Å². The van der Waals surface area contributed by atoms with Gasteiger partial charge in [-0.15, -0.1) is 0 Å². The Bertz CT molecular complexity index is 512. The van der Waals surface area contributed by atoms with Crippen LogP contribution in [0.4, 0.5) is 5.69 Å². The van der Waals surface area contributed by atoms with E-state index in [9.17, 15) is 0 Å². The van der Waals surface area contributed by atoms with Gasteiger partial charge in [0.2, 0.25) is 0 Å². The normalized spacial score (nSPS) is 20.2. The van der Waals surface area contributed by atoms with Crippen molar-refractivity contribution in [3.63, 3.8) is 0 Å². The molecular formula is C15H20ClN3S. The molecule has 0 unspecified atom stereocenters. The van der Waals surface area contributed by atoms with Crippen LogP contribution in [0.5, 0.6) is 0 Å². The number of nitrogens with one attached hydrogen (secondary N) is 1. The van der Waals surface area contributed by atoms with Crippen LogP contribution in [0.1, 0.15) is 25.3 Å². The highest BCUT2D eigenvalue weighted by Crippen LogP contribution is 2.28. The summed E-state index contributed by atoms with van der Waals surface area (Å²) in [5.41, 5.74) is 2.31. The molecule has 0 aromatic heterocycles. The van der Waals surface area contributed by atoms with Crippen molar-refractivity contribution in [2.24, 2.45) is 4.99 Å². The van der Waals surface area contributed by atoms with E-state index in [2.05, 4.69) is 22.1 Å². The quantitative estimate of drug-likeness (QED) is 0.919. The molecular weight excluding hydrogens is 290 g/mol. The highest BCUT2D eigenvalue weighted by molar-refractivity contribution is 8.14. The average molecular weight is 310 g/mol. The SMILES string of the molecule is C[C@@H](CN1CCCC1)SC1=NCc2cc(Cl)ccc2N1. The second kappa shape index (κ2) is 6.37. The number of hydrogen-bond acceptors (Lipinski definition) is 4. The number of halogens is 1. The molecule has 20 heavy (non-hydrogen) atoms. The highest BCUT2D eigenvalue weighted by atomic mass is 35.5. The van der Waals surface area contributed by atoms with Gasteiger partial charge in [0, 0.05) is 22.5 Å². The van der Waals surface area contributed by atoms with Gasteiger partial charge < -0.3 is 10.2 Å². The van der Waals surface area contributed by atoms with Crippen molar-refractivity contribution in [2.45, 2.75) is 31.6 Å². The fraction of sp³-hybridized carbons (Fsp3) is 0.533. The van der Waals surface area contributed by atoms with Crippen molar-refractivity contribution in [1.29, 1.82) is 0 Å². The average Bonchev–Trinajstić information content (AvgIpc) is 2.91. The van der Waals surface area contributed by atoms with Gasteiger partial charge in [0.1, 0.15) is 0 Å². The molecule has 2 aliphatic heterocycles. The van der Waals surface area contributed by atoms with E-state index in [4.69, 9.17) is 11.6 Å². The summed E-state index contributed by atoms with van der Waals surface area (Å²) in [6.07, 6.45) is 2.70. The van der Waals surface area contributed by atoms with Crippen LogP contribution in [0.25, 0.3) is 0 Å². The Morgan fingerprint density at radius 2 is 2.20 bits per heavy atom. The number of likely N-dealkylation sites (tertiary alicyclic amines) is 1.